The Bertz CT molecular complexity index is 1230. The Hall–Kier alpha value is -3.99. The van der Waals surface area contributed by atoms with E-state index in [0.29, 0.717) is 50.2 Å². The number of nitrogens with one attached hydrogen (secondary N) is 1. The average Bonchev–Trinajstić information content (AvgIpc) is 3.62. The van der Waals surface area contributed by atoms with Gasteiger partial charge >= 0.3 is 0 Å². The van der Waals surface area contributed by atoms with Crippen LogP contribution in [0.4, 0.5) is 11.6 Å². The smallest absolute Gasteiger partial charge is 0.257 e. The lowest BCUT2D eigenvalue weighted by atomic mass is 9.98. The van der Waals surface area contributed by atoms with Crippen LogP contribution in [-0.2, 0) is 16.6 Å². The summed E-state index contributed by atoms with van der Waals surface area (Å²) in [6.45, 7) is 1.82. The zero-order chi connectivity index (χ0) is 25.1. The minimum atomic E-state index is -0.446. The van der Waals surface area contributed by atoms with Gasteiger partial charge in [-0.15, -0.1) is 0 Å². The molecule has 0 radical (unpaired) electrons. The Labute approximate surface area is 208 Å². The molecule has 2 fully saturated rings. The number of benzene rings is 1. The quantitative estimate of drug-likeness (QED) is 0.490. The Morgan fingerprint density at radius 3 is 2.64 bits per heavy atom. The van der Waals surface area contributed by atoms with Crippen molar-refractivity contribution in [2.45, 2.75) is 25.7 Å². The molecule has 0 unspecified atom stereocenters. The Morgan fingerprint density at radius 2 is 1.97 bits per heavy atom. The van der Waals surface area contributed by atoms with Gasteiger partial charge in [0.05, 0.1) is 12.4 Å². The molecule has 3 aromatic rings. The van der Waals surface area contributed by atoms with Crippen LogP contribution in [0.15, 0.2) is 42.9 Å². The number of phenols is 1. The molecule has 1 aliphatic carbocycles. The number of phenolic OH excluding ortho intramolecular Hbond substituents is 1. The number of aromatic nitrogens is 4. The van der Waals surface area contributed by atoms with Gasteiger partial charge in [-0.3, -0.25) is 19.2 Å². The largest absolute Gasteiger partial charge is 0.508 e. The first-order valence-electron chi connectivity index (χ1n) is 12.0. The summed E-state index contributed by atoms with van der Waals surface area (Å²) in [5.74, 6) is 1.16. The number of rotatable bonds is 8. The van der Waals surface area contributed by atoms with E-state index >= 15 is 0 Å². The van der Waals surface area contributed by atoms with E-state index in [0.717, 1.165) is 12.8 Å². The molecule has 1 saturated heterocycles. The maximum absolute atomic E-state index is 13.2. The van der Waals surface area contributed by atoms with E-state index in [1.54, 1.807) is 28.9 Å². The Kier molecular flexibility index (Phi) is 6.81. The predicted octanol–water partition coefficient (Wildman–Crippen LogP) is 3.13. The molecule has 188 valence electrons. The van der Waals surface area contributed by atoms with Crippen LogP contribution in [0.1, 0.15) is 36.0 Å². The van der Waals surface area contributed by atoms with Gasteiger partial charge in [-0.05, 0) is 43.7 Å². The van der Waals surface area contributed by atoms with Gasteiger partial charge in [0.25, 0.3) is 5.91 Å². The van der Waals surface area contributed by atoms with Crippen LogP contribution in [0.25, 0.3) is 0 Å². The lowest BCUT2D eigenvalue weighted by Crippen LogP contribution is -2.40. The summed E-state index contributed by atoms with van der Waals surface area (Å²) in [6.07, 6.45) is 8.30. The van der Waals surface area contributed by atoms with Gasteiger partial charge in [-0.2, -0.15) is 5.10 Å². The molecule has 0 bridgehead atoms. The molecule has 1 aromatic carbocycles. The summed E-state index contributed by atoms with van der Waals surface area (Å²) in [5.41, 5.74) is 0.192. The van der Waals surface area contributed by atoms with Crippen molar-refractivity contribution >= 4 is 23.5 Å². The van der Waals surface area contributed by atoms with Gasteiger partial charge in [0.2, 0.25) is 11.8 Å². The first-order valence-corrected chi connectivity index (χ1v) is 12.0. The van der Waals surface area contributed by atoms with E-state index in [1.165, 1.54) is 30.6 Å². The molecule has 0 atom stereocenters. The van der Waals surface area contributed by atoms with E-state index in [-0.39, 0.29) is 34.8 Å². The van der Waals surface area contributed by atoms with Crippen LogP contribution >= 0.6 is 0 Å². The van der Waals surface area contributed by atoms with Crippen LogP contribution in [0.3, 0.4) is 0 Å². The van der Waals surface area contributed by atoms with Gasteiger partial charge in [0.15, 0.2) is 11.6 Å². The van der Waals surface area contributed by atoms with Crippen molar-refractivity contribution < 1.29 is 24.2 Å². The number of hydrogen-bond donors (Lipinski definition) is 2. The number of anilines is 2. The van der Waals surface area contributed by atoms with Crippen molar-refractivity contribution in [3.63, 3.8) is 0 Å². The third kappa shape index (κ3) is 5.80. The molecule has 11 heteroatoms. The highest BCUT2D eigenvalue weighted by Crippen LogP contribution is 2.33. The fourth-order valence-electron chi connectivity index (χ4n) is 4.09. The average molecular weight is 493 g/mol. The van der Waals surface area contributed by atoms with E-state index in [2.05, 4.69) is 20.4 Å². The number of aryl methyl sites for hydroxylation is 1. The minimum Gasteiger partial charge on any atom is -0.508 e. The van der Waals surface area contributed by atoms with Crippen molar-refractivity contribution in [2.75, 3.05) is 30.0 Å². The first-order chi connectivity index (χ1) is 17.4. The third-order valence-electron chi connectivity index (χ3n) is 6.20. The van der Waals surface area contributed by atoms with Crippen molar-refractivity contribution in [1.29, 1.82) is 0 Å². The molecule has 11 nitrogen and oxygen atoms in total. The summed E-state index contributed by atoms with van der Waals surface area (Å²) < 4.78 is 12.7. The van der Waals surface area contributed by atoms with Crippen molar-refractivity contribution in [2.24, 2.45) is 18.9 Å². The zero-order valence-corrected chi connectivity index (χ0v) is 20.0. The standard InChI is InChI=1S/C25H28N6O5/c1-30-7-4-21(29-30)28-24(33)18-10-19(32)12-20(11-18)36-23-14-26-22(13-27-23)31(15-16-2-3-16)25(34)17-5-8-35-9-6-17/h4,7,10-14,16-17,32H,2-3,5-6,8-9,15H2,1H3,(H,28,29,33). The van der Waals surface area contributed by atoms with Crippen LogP contribution in [0, 0.1) is 11.8 Å². The molecule has 3 heterocycles. The van der Waals surface area contributed by atoms with Gasteiger partial charge in [0, 0.05) is 56.6 Å². The second-order valence-electron chi connectivity index (χ2n) is 9.14. The third-order valence-corrected chi connectivity index (χ3v) is 6.20. The summed E-state index contributed by atoms with van der Waals surface area (Å²) in [4.78, 5) is 36.3. The molecule has 2 amide bonds. The summed E-state index contributed by atoms with van der Waals surface area (Å²) in [5, 5.41) is 16.9. The maximum Gasteiger partial charge on any atom is 0.257 e. The molecular formula is C25H28N6O5. The maximum atomic E-state index is 13.2. The highest BCUT2D eigenvalue weighted by molar-refractivity contribution is 6.04. The molecule has 5 rings (SSSR count). The number of carbonyl (C=O) groups is 2. The highest BCUT2D eigenvalue weighted by atomic mass is 16.5. The number of carbonyl (C=O) groups excluding carboxylic acids is 2. The van der Waals surface area contributed by atoms with Gasteiger partial charge in [0.1, 0.15) is 11.5 Å². The first kappa shape index (κ1) is 23.7. The second kappa shape index (κ2) is 10.3. The second-order valence-corrected chi connectivity index (χ2v) is 9.14. The Morgan fingerprint density at radius 1 is 1.17 bits per heavy atom. The van der Waals surface area contributed by atoms with E-state index < -0.39 is 5.91 Å². The summed E-state index contributed by atoms with van der Waals surface area (Å²) >= 11 is 0. The van der Waals surface area contributed by atoms with Gasteiger partial charge in [-0.1, -0.05) is 0 Å². The van der Waals surface area contributed by atoms with Crippen LogP contribution < -0.4 is 15.0 Å². The van der Waals surface area contributed by atoms with Gasteiger partial charge in [-0.25, -0.2) is 9.97 Å². The van der Waals surface area contributed by atoms with Crippen LogP contribution in [0.2, 0.25) is 0 Å². The van der Waals surface area contributed by atoms with E-state index in [1.807, 2.05) is 0 Å². The number of nitrogens with zero attached hydrogens (tertiary/aromatic N) is 5. The molecule has 2 aliphatic rings. The number of amides is 2. The van der Waals surface area contributed by atoms with Crippen LogP contribution in [-0.4, -0.2) is 56.4 Å². The SMILES string of the molecule is Cn1ccc(NC(=O)c2cc(O)cc(Oc3cnc(N(CC4CC4)C(=O)C4CCOCC4)cn3)c2)n1. The Balaban J connectivity index is 1.29. The molecule has 0 spiro atoms. The van der Waals surface area contributed by atoms with E-state index in [9.17, 15) is 14.7 Å². The van der Waals surface area contributed by atoms with Gasteiger partial charge < -0.3 is 19.9 Å². The number of hydrogen-bond acceptors (Lipinski definition) is 8. The summed E-state index contributed by atoms with van der Waals surface area (Å²) in [6, 6.07) is 5.86. The fraction of sp³-hybridized carbons (Fsp3) is 0.400. The molecule has 2 N–H and O–H groups in total. The normalized spacial score (nSPS) is 15.9. The van der Waals surface area contributed by atoms with Crippen molar-refractivity contribution in [1.82, 2.24) is 19.7 Å². The molecule has 1 saturated carbocycles. The lowest BCUT2D eigenvalue weighted by Gasteiger charge is -2.28. The highest BCUT2D eigenvalue weighted by Gasteiger charge is 2.33. The van der Waals surface area contributed by atoms with Crippen molar-refractivity contribution in [3.05, 3.63) is 48.4 Å². The predicted molar refractivity (Wildman–Crippen MR) is 130 cm³/mol. The lowest BCUT2D eigenvalue weighted by molar-refractivity contribution is -0.125. The zero-order valence-electron chi connectivity index (χ0n) is 20.0. The number of ether oxygens (including phenoxy) is 2. The van der Waals surface area contributed by atoms with Crippen molar-refractivity contribution in [3.8, 4) is 17.4 Å². The minimum absolute atomic E-state index is 0.0599. The van der Waals surface area contributed by atoms with E-state index in [4.69, 9.17) is 9.47 Å². The fourth-order valence-corrected chi connectivity index (χ4v) is 4.09. The summed E-state index contributed by atoms with van der Waals surface area (Å²) in [7, 11) is 1.74. The topological polar surface area (TPSA) is 132 Å². The monoisotopic (exact) mass is 492 g/mol. The van der Waals surface area contributed by atoms with Crippen LogP contribution in [0.5, 0.6) is 17.4 Å². The molecule has 2 aromatic heterocycles. The molecule has 1 aliphatic heterocycles. The number of aromatic hydroxyl groups is 1. The molecule has 36 heavy (non-hydrogen) atoms. The molecular weight excluding hydrogens is 464 g/mol.